The Bertz CT molecular complexity index is 330. The molecule has 14 heavy (non-hydrogen) atoms. The van der Waals surface area contributed by atoms with E-state index in [9.17, 15) is 0 Å². The lowest BCUT2D eigenvalue weighted by molar-refractivity contribution is 0.174. The fraction of sp³-hybridized carbons (Fsp3) is 0.400. The quantitative estimate of drug-likeness (QED) is 0.775. The summed E-state index contributed by atoms with van der Waals surface area (Å²) in [6.45, 7) is 3.12. The normalized spacial score (nSPS) is 15.6. The van der Waals surface area contributed by atoms with Crippen molar-refractivity contribution in [2.45, 2.75) is 17.1 Å². The van der Waals surface area contributed by atoms with E-state index in [4.69, 9.17) is 15.2 Å². The largest absolute Gasteiger partial charge is 0.454 e. The van der Waals surface area contributed by atoms with Gasteiger partial charge in [-0.05, 0) is 18.2 Å². The molecule has 1 heterocycles. The van der Waals surface area contributed by atoms with Crippen LogP contribution in [-0.4, -0.2) is 18.6 Å². The van der Waals surface area contributed by atoms with Gasteiger partial charge in [0, 0.05) is 16.7 Å². The van der Waals surface area contributed by atoms with Crippen molar-refractivity contribution in [2.75, 3.05) is 13.3 Å². The van der Waals surface area contributed by atoms with Gasteiger partial charge in [-0.1, -0.05) is 6.92 Å². The number of thioether (sulfide) groups is 1. The van der Waals surface area contributed by atoms with E-state index in [1.807, 2.05) is 18.2 Å². The molecule has 1 aliphatic heterocycles. The molecular weight excluding hydrogens is 198 g/mol. The highest BCUT2D eigenvalue weighted by Gasteiger charge is 2.13. The van der Waals surface area contributed by atoms with Crippen LogP contribution in [0.25, 0.3) is 0 Å². The number of nitrogens with two attached hydrogens (primary N) is 1. The maximum Gasteiger partial charge on any atom is 0.231 e. The summed E-state index contributed by atoms with van der Waals surface area (Å²) in [4.78, 5) is 1.17. The van der Waals surface area contributed by atoms with Gasteiger partial charge in [-0.2, -0.15) is 0 Å². The first kappa shape index (κ1) is 9.68. The predicted octanol–water partition coefficient (Wildman–Crippen LogP) is 1.85. The maximum absolute atomic E-state index is 5.56. The van der Waals surface area contributed by atoms with Crippen LogP contribution < -0.4 is 15.2 Å². The number of fused-ring (bicyclic) bond motifs is 1. The lowest BCUT2D eigenvalue weighted by Gasteiger charge is -2.08. The van der Waals surface area contributed by atoms with Gasteiger partial charge in [0.2, 0.25) is 6.79 Å². The first-order valence-corrected chi connectivity index (χ1v) is 5.44. The van der Waals surface area contributed by atoms with Crippen LogP contribution in [0.1, 0.15) is 6.92 Å². The van der Waals surface area contributed by atoms with Crippen LogP contribution in [0.15, 0.2) is 23.1 Å². The Balaban J connectivity index is 2.12. The zero-order chi connectivity index (χ0) is 9.97. The molecule has 0 aromatic heterocycles. The van der Waals surface area contributed by atoms with Gasteiger partial charge in [-0.25, -0.2) is 0 Å². The van der Waals surface area contributed by atoms with Gasteiger partial charge < -0.3 is 15.2 Å². The summed E-state index contributed by atoms with van der Waals surface area (Å²) in [5.41, 5.74) is 5.56. The molecule has 0 saturated heterocycles. The first-order chi connectivity index (χ1) is 6.79. The molecule has 4 heteroatoms. The fourth-order valence-corrected chi connectivity index (χ4v) is 2.11. The van der Waals surface area contributed by atoms with Crippen LogP contribution in [0.4, 0.5) is 0 Å². The monoisotopic (exact) mass is 211 g/mol. The molecule has 0 spiro atoms. The van der Waals surface area contributed by atoms with Gasteiger partial charge in [0.25, 0.3) is 0 Å². The number of hydrogen-bond acceptors (Lipinski definition) is 4. The van der Waals surface area contributed by atoms with E-state index >= 15 is 0 Å². The Morgan fingerprint density at radius 3 is 3.00 bits per heavy atom. The van der Waals surface area contributed by atoms with E-state index in [0.29, 0.717) is 18.6 Å². The Kier molecular flexibility index (Phi) is 2.84. The number of benzene rings is 1. The zero-order valence-electron chi connectivity index (χ0n) is 8.03. The first-order valence-electron chi connectivity index (χ1n) is 4.56. The molecule has 1 aliphatic rings. The van der Waals surface area contributed by atoms with Crippen molar-refractivity contribution in [3.8, 4) is 11.5 Å². The minimum atomic E-state index is 0.329. The predicted molar refractivity (Wildman–Crippen MR) is 56.9 cm³/mol. The lowest BCUT2D eigenvalue weighted by atomic mass is 10.3. The van der Waals surface area contributed by atoms with E-state index in [-0.39, 0.29) is 0 Å². The van der Waals surface area contributed by atoms with Crippen LogP contribution in [0.5, 0.6) is 11.5 Å². The van der Waals surface area contributed by atoms with Gasteiger partial charge in [0.1, 0.15) is 0 Å². The molecule has 0 bridgehead atoms. The van der Waals surface area contributed by atoms with E-state index in [1.165, 1.54) is 4.90 Å². The van der Waals surface area contributed by atoms with Crippen LogP contribution in [-0.2, 0) is 0 Å². The molecule has 0 fully saturated rings. The van der Waals surface area contributed by atoms with Crippen molar-refractivity contribution in [1.29, 1.82) is 0 Å². The third-order valence-electron chi connectivity index (χ3n) is 2.01. The summed E-state index contributed by atoms with van der Waals surface area (Å²) in [6.07, 6.45) is 0. The second kappa shape index (κ2) is 4.11. The van der Waals surface area contributed by atoms with Crippen LogP contribution in [0.3, 0.4) is 0 Å². The van der Waals surface area contributed by atoms with Crippen molar-refractivity contribution < 1.29 is 9.47 Å². The van der Waals surface area contributed by atoms with Gasteiger partial charge in [-0.3, -0.25) is 0 Å². The van der Waals surface area contributed by atoms with Crippen molar-refractivity contribution in [3.05, 3.63) is 18.2 Å². The summed E-state index contributed by atoms with van der Waals surface area (Å²) < 4.78 is 10.5. The highest BCUT2D eigenvalue weighted by atomic mass is 32.2. The molecule has 0 saturated carbocycles. The number of hydrogen-bond donors (Lipinski definition) is 1. The molecule has 2 rings (SSSR count). The third kappa shape index (κ3) is 1.96. The molecule has 0 amide bonds. The average Bonchev–Trinajstić information content (AvgIpc) is 2.64. The van der Waals surface area contributed by atoms with Crippen molar-refractivity contribution >= 4 is 11.8 Å². The molecule has 2 N–H and O–H groups in total. The Morgan fingerprint density at radius 2 is 2.21 bits per heavy atom. The van der Waals surface area contributed by atoms with Crippen LogP contribution >= 0.6 is 11.8 Å². The second-order valence-corrected chi connectivity index (χ2v) is 4.69. The Hall–Kier alpha value is -0.870. The SMILES string of the molecule is CC(CN)Sc1ccc2c(c1)OCO2. The van der Waals surface area contributed by atoms with Crippen molar-refractivity contribution in [3.63, 3.8) is 0 Å². The summed E-state index contributed by atoms with van der Waals surface area (Å²) in [6, 6.07) is 5.97. The zero-order valence-corrected chi connectivity index (χ0v) is 8.84. The molecule has 1 aromatic rings. The van der Waals surface area contributed by atoms with Gasteiger partial charge in [0.05, 0.1) is 0 Å². The van der Waals surface area contributed by atoms with Crippen LogP contribution in [0, 0.1) is 0 Å². The third-order valence-corrected chi connectivity index (χ3v) is 3.13. The minimum absolute atomic E-state index is 0.329. The van der Waals surface area contributed by atoms with Gasteiger partial charge in [-0.15, -0.1) is 11.8 Å². The fourth-order valence-electron chi connectivity index (χ4n) is 1.23. The van der Waals surface area contributed by atoms with E-state index < -0.39 is 0 Å². The van der Waals surface area contributed by atoms with E-state index in [0.717, 1.165) is 11.5 Å². The van der Waals surface area contributed by atoms with Crippen molar-refractivity contribution in [2.24, 2.45) is 5.73 Å². The summed E-state index contributed by atoms with van der Waals surface area (Å²) in [5.74, 6) is 1.66. The molecule has 1 unspecified atom stereocenters. The summed E-state index contributed by atoms with van der Waals surface area (Å²) >= 11 is 1.75. The van der Waals surface area contributed by atoms with Gasteiger partial charge >= 0.3 is 0 Å². The Labute approximate surface area is 87.6 Å². The molecule has 0 aliphatic carbocycles. The van der Waals surface area contributed by atoms with E-state index in [2.05, 4.69) is 6.92 Å². The second-order valence-electron chi connectivity index (χ2n) is 3.18. The summed E-state index contributed by atoms with van der Waals surface area (Å²) in [5, 5.41) is 0.426. The lowest BCUT2D eigenvalue weighted by Crippen LogP contribution is -2.12. The van der Waals surface area contributed by atoms with Crippen molar-refractivity contribution in [1.82, 2.24) is 0 Å². The average molecular weight is 211 g/mol. The smallest absolute Gasteiger partial charge is 0.231 e. The molecule has 76 valence electrons. The Morgan fingerprint density at radius 1 is 1.43 bits per heavy atom. The highest BCUT2D eigenvalue weighted by molar-refractivity contribution is 8.00. The van der Waals surface area contributed by atoms with E-state index in [1.54, 1.807) is 11.8 Å². The topological polar surface area (TPSA) is 44.5 Å². The number of rotatable bonds is 3. The standard InChI is InChI=1S/C10H13NO2S/c1-7(5-11)14-8-2-3-9-10(4-8)13-6-12-9/h2-4,7H,5-6,11H2,1H3. The van der Waals surface area contributed by atoms with Crippen LogP contribution in [0.2, 0.25) is 0 Å². The minimum Gasteiger partial charge on any atom is -0.454 e. The molecule has 3 nitrogen and oxygen atoms in total. The molecular formula is C10H13NO2S. The molecule has 1 aromatic carbocycles. The number of ether oxygens (including phenoxy) is 2. The molecule has 0 radical (unpaired) electrons. The van der Waals surface area contributed by atoms with Gasteiger partial charge in [0.15, 0.2) is 11.5 Å². The molecule has 1 atom stereocenters. The summed E-state index contributed by atoms with van der Waals surface area (Å²) in [7, 11) is 0. The maximum atomic E-state index is 5.56. The highest BCUT2D eigenvalue weighted by Crippen LogP contribution is 2.36.